The third-order valence-corrected chi connectivity index (χ3v) is 4.44. The summed E-state index contributed by atoms with van der Waals surface area (Å²) in [4.78, 5) is 29.1. The van der Waals surface area contributed by atoms with Crippen molar-refractivity contribution in [3.8, 4) is 11.1 Å². The van der Waals surface area contributed by atoms with Crippen LogP contribution in [-0.4, -0.2) is 14.1 Å². The molecule has 0 saturated carbocycles. The molecule has 0 atom stereocenters. The van der Waals surface area contributed by atoms with Gasteiger partial charge in [0.05, 0.1) is 10.4 Å². The van der Waals surface area contributed by atoms with Gasteiger partial charge in [0.25, 0.3) is 5.56 Å². The van der Waals surface area contributed by atoms with Crippen molar-refractivity contribution in [1.82, 2.24) is 14.1 Å². The molecule has 0 amide bonds. The van der Waals surface area contributed by atoms with E-state index in [-0.39, 0.29) is 28.4 Å². The van der Waals surface area contributed by atoms with Crippen LogP contribution in [0.25, 0.3) is 22.2 Å². The van der Waals surface area contributed by atoms with Gasteiger partial charge >= 0.3 is 5.69 Å². The molecule has 0 aliphatic rings. The van der Waals surface area contributed by atoms with Crippen LogP contribution < -0.4 is 22.7 Å². The lowest BCUT2D eigenvalue weighted by Crippen LogP contribution is -2.38. The summed E-state index contributed by atoms with van der Waals surface area (Å²) in [5.41, 5.74) is 11.9. The third-order valence-electron chi connectivity index (χ3n) is 4.13. The van der Waals surface area contributed by atoms with Crippen LogP contribution >= 0.6 is 11.6 Å². The van der Waals surface area contributed by atoms with Crippen LogP contribution in [0.5, 0.6) is 0 Å². The summed E-state index contributed by atoms with van der Waals surface area (Å²) < 4.78 is 15.6. The molecule has 3 rings (SSSR count). The number of fused-ring (bicyclic) bond motifs is 1. The highest BCUT2D eigenvalue weighted by atomic mass is 35.5. The third kappa shape index (κ3) is 2.50. The molecule has 0 bridgehead atoms. The van der Waals surface area contributed by atoms with E-state index in [9.17, 15) is 14.0 Å². The highest BCUT2D eigenvalue weighted by Crippen LogP contribution is 2.36. The molecular weight excluding hydrogens is 349 g/mol. The van der Waals surface area contributed by atoms with Gasteiger partial charge < -0.3 is 11.5 Å². The quantitative estimate of drug-likeness (QED) is 0.709. The molecule has 2 heterocycles. The highest BCUT2D eigenvalue weighted by molar-refractivity contribution is 6.33. The Bertz CT molecular complexity index is 1140. The van der Waals surface area contributed by atoms with E-state index >= 15 is 0 Å². The average molecular weight is 364 g/mol. The minimum atomic E-state index is -0.560. The van der Waals surface area contributed by atoms with E-state index in [1.54, 1.807) is 0 Å². The summed E-state index contributed by atoms with van der Waals surface area (Å²) >= 11 is 6.19. The predicted octanol–water partition coefficient (Wildman–Crippen LogP) is 1.13. The van der Waals surface area contributed by atoms with Crippen molar-refractivity contribution < 1.29 is 4.39 Å². The smallest absolute Gasteiger partial charge is 0.332 e. The molecule has 0 aliphatic heterocycles. The fourth-order valence-corrected chi connectivity index (χ4v) is 3.10. The largest absolute Gasteiger partial charge is 0.383 e. The van der Waals surface area contributed by atoms with Gasteiger partial charge in [-0.3, -0.25) is 13.9 Å². The van der Waals surface area contributed by atoms with Crippen molar-refractivity contribution in [3.63, 3.8) is 0 Å². The number of pyridine rings is 1. The number of anilines is 1. The van der Waals surface area contributed by atoms with Crippen LogP contribution in [-0.2, 0) is 20.6 Å². The Morgan fingerprint density at radius 1 is 1.24 bits per heavy atom. The van der Waals surface area contributed by atoms with Gasteiger partial charge in [-0.05, 0) is 18.2 Å². The Kier molecular flexibility index (Phi) is 4.09. The van der Waals surface area contributed by atoms with Crippen LogP contribution in [0, 0.1) is 5.82 Å². The molecule has 0 radical (unpaired) electrons. The van der Waals surface area contributed by atoms with Crippen LogP contribution in [0.1, 0.15) is 5.56 Å². The van der Waals surface area contributed by atoms with Gasteiger partial charge in [0.2, 0.25) is 0 Å². The number of nitrogens with two attached hydrogens (primary N) is 2. The zero-order valence-electron chi connectivity index (χ0n) is 13.5. The van der Waals surface area contributed by atoms with Gasteiger partial charge in [0.1, 0.15) is 11.6 Å². The molecule has 7 nitrogen and oxygen atoms in total. The topological polar surface area (TPSA) is 109 Å². The first kappa shape index (κ1) is 17.1. The summed E-state index contributed by atoms with van der Waals surface area (Å²) in [6.07, 6.45) is 0. The van der Waals surface area contributed by atoms with Gasteiger partial charge in [0.15, 0.2) is 5.65 Å². The first-order chi connectivity index (χ1) is 11.8. The summed E-state index contributed by atoms with van der Waals surface area (Å²) in [7, 11) is 2.84. The lowest BCUT2D eigenvalue weighted by atomic mass is 9.97. The Hall–Kier alpha value is -2.71. The summed E-state index contributed by atoms with van der Waals surface area (Å²) in [5, 5.41) is 0.241. The molecule has 9 heteroatoms. The molecule has 4 N–H and O–H groups in total. The van der Waals surface area contributed by atoms with Crippen molar-refractivity contribution in [2.45, 2.75) is 6.54 Å². The number of halogens is 2. The van der Waals surface area contributed by atoms with Crippen LogP contribution in [0.3, 0.4) is 0 Å². The molecule has 3 aromatic rings. The molecule has 0 spiro atoms. The normalized spacial score (nSPS) is 11.2. The van der Waals surface area contributed by atoms with E-state index in [1.165, 1.54) is 30.8 Å². The first-order valence-corrected chi connectivity index (χ1v) is 7.69. The van der Waals surface area contributed by atoms with Crippen molar-refractivity contribution in [2.75, 3.05) is 5.73 Å². The van der Waals surface area contributed by atoms with E-state index in [0.717, 1.165) is 10.6 Å². The molecule has 25 heavy (non-hydrogen) atoms. The van der Waals surface area contributed by atoms with Crippen LogP contribution in [0.2, 0.25) is 5.02 Å². The highest BCUT2D eigenvalue weighted by Gasteiger charge is 2.22. The number of nitrogen functional groups attached to an aromatic ring is 1. The molecular formula is C16H15ClFN5O2. The maximum absolute atomic E-state index is 13.4. The SMILES string of the molecule is Cn1c(=O)c2c(-c3ccc(F)cc3Cl)c(CN)c(N)nc2n(C)c1=O. The van der Waals surface area contributed by atoms with E-state index in [4.69, 9.17) is 23.1 Å². The number of benzene rings is 1. The maximum atomic E-state index is 13.4. The Labute approximate surface area is 146 Å². The lowest BCUT2D eigenvalue weighted by Gasteiger charge is -2.17. The number of aryl methyl sites for hydroxylation is 1. The minimum absolute atomic E-state index is 0.0101. The van der Waals surface area contributed by atoms with Crippen molar-refractivity contribution >= 4 is 28.5 Å². The Morgan fingerprint density at radius 3 is 2.52 bits per heavy atom. The Morgan fingerprint density at radius 2 is 1.92 bits per heavy atom. The van der Waals surface area contributed by atoms with Gasteiger partial charge in [-0.15, -0.1) is 0 Å². The van der Waals surface area contributed by atoms with Gasteiger partial charge in [0, 0.05) is 37.3 Å². The van der Waals surface area contributed by atoms with Crippen LogP contribution in [0.4, 0.5) is 10.2 Å². The van der Waals surface area contributed by atoms with E-state index < -0.39 is 17.1 Å². The molecule has 1 aromatic carbocycles. The second-order valence-electron chi connectivity index (χ2n) is 5.58. The minimum Gasteiger partial charge on any atom is -0.383 e. The molecule has 0 unspecified atom stereocenters. The van der Waals surface area contributed by atoms with Crippen molar-refractivity contribution in [2.24, 2.45) is 19.8 Å². The average Bonchev–Trinajstić information content (AvgIpc) is 2.57. The first-order valence-electron chi connectivity index (χ1n) is 7.31. The molecule has 0 aliphatic carbocycles. The van der Waals surface area contributed by atoms with Gasteiger partial charge in [-0.1, -0.05) is 11.6 Å². The monoisotopic (exact) mass is 363 g/mol. The molecule has 130 valence electrons. The fraction of sp³-hybridized carbons (Fsp3) is 0.188. The molecule has 0 saturated heterocycles. The van der Waals surface area contributed by atoms with Crippen molar-refractivity contribution in [1.29, 1.82) is 0 Å². The van der Waals surface area contributed by atoms with E-state index in [0.29, 0.717) is 16.7 Å². The maximum Gasteiger partial charge on any atom is 0.332 e. The summed E-state index contributed by atoms with van der Waals surface area (Å²) in [6, 6.07) is 3.79. The standard InChI is InChI=1S/C16H15ClFN5O2/c1-22-14-12(15(24)23(2)16(22)25)11(9(6-19)13(20)21-14)8-4-3-7(18)5-10(8)17/h3-5H,6,19H2,1-2H3,(H2,20,21). The van der Waals surface area contributed by atoms with Crippen LogP contribution in [0.15, 0.2) is 27.8 Å². The van der Waals surface area contributed by atoms with Crippen molar-refractivity contribution in [3.05, 3.63) is 55.4 Å². The molecule has 2 aromatic heterocycles. The molecule has 0 fully saturated rings. The second kappa shape index (κ2) is 5.98. The lowest BCUT2D eigenvalue weighted by molar-refractivity contribution is 0.628. The Balaban J connectivity index is 2.65. The number of nitrogens with zero attached hydrogens (tertiary/aromatic N) is 3. The summed E-state index contributed by atoms with van der Waals surface area (Å²) in [5.74, 6) is -0.441. The zero-order valence-corrected chi connectivity index (χ0v) is 14.3. The van der Waals surface area contributed by atoms with Gasteiger partial charge in [-0.25, -0.2) is 14.2 Å². The summed E-state index contributed by atoms with van der Waals surface area (Å²) in [6.45, 7) is -0.0101. The van der Waals surface area contributed by atoms with E-state index in [2.05, 4.69) is 4.98 Å². The number of rotatable bonds is 2. The number of aromatic nitrogens is 3. The predicted molar refractivity (Wildman–Crippen MR) is 94.9 cm³/mol. The van der Waals surface area contributed by atoms with Gasteiger partial charge in [-0.2, -0.15) is 0 Å². The fourth-order valence-electron chi connectivity index (χ4n) is 2.84. The van der Waals surface area contributed by atoms with E-state index in [1.807, 2.05) is 0 Å². The number of hydrogen-bond donors (Lipinski definition) is 2. The second-order valence-corrected chi connectivity index (χ2v) is 5.99. The zero-order chi connectivity index (χ0) is 18.5. The number of hydrogen-bond acceptors (Lipinski definition) is 5.